The fourth-order valence-electron chi connectivity index (χ4n) is 0.764. The van der Waals surface area contributed by atoms with Crippen molar-refractivity contribution in [3.63, 3.8) is 0 Å². The highest BCUT2D eigenvalue weighted by Gasteiger charge is 2.09. The summed E-state index contributed by atoms with van der Waals surface area (Å²) in [5.74, 6) is 0. The van der Waals surface area contributed by atoms with Crippen molar-refractivity contribution in [3.05, 3.63) is 35.9 Å². The molecule has 4 heteroatoms. The van der Waals surface area contributed by atoms with Crippen LogP contribution in [-0.4, -0.2) is 13.4 Å². The van der Waals surface area contributed by atoms with Crippen molar-refractivity contribution in [2.24, 2.45) is 0 Å². The van der Waals surface area contributed by atoms with Gasteiger partial charge in [-0.25, -0.2) is 13.4 Å². The molecule has 12 heavy (non-hydrogen) atoms. The van der Waals surface area contributed by atoms with E-state index >= 15 is 0 Å². The van der Waals surface area contributed by atoms with Gasteiger partial charge in [0.25, 0.3) is 0 Å². The summed E-state index contributed by atoms with van der Waals surface area (Å²) in [7, 11) is -3.30. The van der Waals surface area contributed by atoms with Crippen molar-refractivity contribution in [2.45, 2.75) is 11.9 Å². The summed E-state index contributed by atoms with van der Waals surface area (Å²) in [6, 6.07) is 4.79. The van der Waals surface area contributed by atoms with E-state index in [-0.39, 0.29) is 5.03 Å². The number of aromatic nitrogens is 1. The Kier molecular flexibility index (Phi) is 2.60. The van der Waals surface area contributed by atoms with Gasteiger partial charge in [0, 0.05) is 11.6 Å². The summed E-state index contributed by atoms with van der Waals surface area (Å²) in [5, 5.41) is 1.22. The molecule has 0 atom stereocenters. The maximum Gasteiger partial charge on any atom is 0.216 e. The van der Waals surface area contributed by atoms with Crippen LogP contribution in [0.15, 0.2) is 40.9 Å². The summed E-state index contributed by atoms with van der Waals surface area (Å²) in [6.07, 6.45) is 2.93. The number of hydrogen-bond donors (Lipinski definition) is 0. The van der Waals surface area contributed by atoms with Crippen LogP contribution < -0.4 is 0 Å². The molecular weight excluding hydrogens is 174 g/mol. The summed E-state index contributed by atoms with van der Waals surface area (Å²) in [6.45, 7) is 1.65. The Morgan fingerprint density at radius 2 is 2.17 bits per heavy atom. The van der Waals surface area contributed by atoms with E-state index in [0.717, 1.165) is 5.41 Å². The molecule has 0 fully saturated rings. The zero-order valence-corrected chi connectivity index (χ0v) is 7.45. The second-order valence-electron chi connectivity index (χ2n) is 2.18. The van der Waals surface area contributed by atoms with E-state index in [1.807, 2.05) is 0 Å². The maximum absolute atomic E-state index is 11.3. The van der Waals surface area contributed by atoms with Crippen molar-refractivity contribution in [2.75, 3.05) is 0 Å². The van der Waals surface area contributed by atoms with E-state index in [9.17, 15) is 8.42 Å². The molecular formula is C8H9NO2S. The van der Waals surface area contributed by atoms with Crippen molar-refractivity contribution >= 4 is 9.84 Å². The predicted octanol–water partition coefficient (Wildman–Crippen LogP) is 1.39. The molecule has 1 rings (SSSR count). The minimum atomic E-state index is -3.30. The van der Waals surface area contributed by atoms with Crippen LogP contribution in [0.3, 0.4) is 0 Å². The first kappa shape index (κ1) is 8.93. The molecule has 0 bridgehead atoms. The van der Waals surface area contributed by atoms with Gasteiger partial charge in [0.15, 0.2) is 5.03 Å². The topological polar surface area (TPSA) is 47.0 Å². The largest absolute Gasteiger partial charge is 0.244 e. The molecule has 0 saturated heterocycles. The molecule has 64 valence electrons. The van der Waals surface area contributed by atoms with Crippen LogP contribution >= 0.6 is 0 Å². The number of allylic oxidation sites excluding steroid dienone is 1. The predicted molar refractivity (Wildman–Crippen MR) is 46.2 cm³/mol. The molecule has 0 aromatic carbocycles. The SMILES string of the molecule is CC=CS(=O)(=O)c1ccccn1. The van der Waals surface area contributed by atoms with Gasteiger partial charge < -0.3 is 0 Å². The molecule has 0 radical (unpaired) electrons. The molecule has 0 aliphatic carbocycles. The lowest BCUT2D eigenvalue weighted by atomic mass is 10.5. The zero-order valence-electron chi connectivity index (χ0n) is 6.64. The van der Waals surface area contributed by atoms with Crippen molar-refractivity contribution in [1.82, 2.24) is 4.98 Å². The average Bonchev–Trinajstić information content (AvgIpc) is 2.06. The lowest BCUT2D eigenvalue weighted by molar-refractivity contribution is 0.601. The Labute approximate surface area is 71.7 Å². The molecule has 0 spiro atoms. The second-order valence-corrected chi connectivity index (χ2v) is 3.96. The normalized spacial score (nSPS) is 12.1. The third-order valence-corrected chi connectivity index (χ3v) is 2.70. The third kappa shape index (κ3) is 1.92. The van der Waals surface area contributed by atoms with Crippen LogP contribution in [0.2, 0.25) is 0 Å². The summed E-state index contributed by atoms with van der Waals surface area (Å²) >= 11 is 0. The third-order valence-electron chi connectivity index (χ3n) is 1.24. The van der Waals surface area contributed by atoms with Gasteiger partial charge in [0.2, 0.25) is 9.84 Å². The van der Waals surface area contributed by atoms with Crippen LogP contribution in [0.5, 0.6) is 0 Å². The first-order valence-corrected chi connectivity index (χ1v) is 5.00. The molecule has 3 nitrogen and oxygen atoms in total. The van der Waals surface area contributed by atoms with Gasteiger partial charge in [-0.1, -0.05) is 12.1 Å². The number of nitrogens with zero attached hydrogens (tertiary/aromatic N) is 1. The maximum atomic E-state index is 11.3. The molecule has 0 aliphatic rings. The Bertz CT molecular complexity index is 367. The molecule has 0 amide bonds. The Balaban J connectivity index is 3.16. The number of sulfone groups is 1. The van der Waals surface area contributed by atoms with E-state index < -0.39 is 9.84 Å². The van der Waals surface area contributed by atoms with Gasteiger partial charge in [-0.3, -0.25) is 0 Å². The van der Waals surface area contributed by atoms with E-state index in [4.69, 9.17) is 0 Å². The first-order valence-electron chi connectivity index (χ1n) is 3.45. The zero-order chi connectivity index (χ0) is 9.03. The Morgan fingerprint density at radius 3 is 2.67 bits per heavy atom. The van der Waals surface area contributed by atoms with E-state index in [1.54, 1.807) is 19.1 Å². The quantitative estimate of drug-likeness (QED) is 0.696. The monoisotopic (exact) mass is 183 g/mol. The lowest BCUT2D eigenvalue weighted by Gasteiger charge is -1.94. The van der Waals surface area contributed by atoms with Gasteiger partial charge in [-0.15, -0.1) is 0 Å². The average molecular weight is 183 g/mol. The molecule has 0 saturated carbocycles. The van der Waals surface area contributed by atoms with Crippen molar-refractivity contribution in [1.29, 1.82) is 0 Å². The molecule has 0 unspecified atom stereocenters. The molecule has 0 aliphatic heterocycles. The summed E-state index contributed by atoms with van der Waals surface area (Å²) in [4.78, 5) is 3.73. The molecule has 1 aromatic heterocycles. The van der Waals surface area contributed by atoms with Crippen molar-refractivity contribution in [3.8, 4) is 0 Å². The van der Waals surface area contributed by atoms with Crippen LogP contribution in [0.25, 0.3) is 0 Å². The lowest BCUT2D eigenvalue weighted by Crippen LogP contribution is -1.97. The first-order chi connectivity index (χ1) is 5.67. The summed E-state index contributed by atoms with van der Waals surface area (Å²) in [5.41, 5.74) is 0. The fraction of sp³-hybridized carbons (Fsp3) is 0.125. The van der Waals surface area contributed by atoms with E-state index in [0.29, 0.717) is 0 Å². The van der Waals surface area contributed by atoms with Gasteiger partial charge in [-0.05, 0) is 19.1 Å². The Hall–Kier alpha value is -1.16. The number of pyridine rings is 1. The number of hydrogen-bond acceptors (Lipinski definition) is 3. The van der Waals surface area contributed by atoms with Crippen LogP contribution in [0.4, 0.5) is 0 Å². The van der Waals surface area contributed by atoms with E-state index in [1.165, 1.54) is 18.3 Å². The van der Waals surface area contributed by atoms with Crippen LogP contribution in [0.1, 0.15) is 6.92 Å². The number of rotatable bonds is 2. The minimum Gasteiger partial charge on any atom is -0.244 e. The van der Waals surface area contributed by atoms with Crippen LogP contribution in [0, 0.1) is 0 Å². The fourth-order valence-corrected chi connectivity index (χ4v) is 1.74. The van der Waals surface area contributed by atoms with Crippen molar-refractivity contribution < 1.29 is 8.42 Å². The smallest absolute Gasteiger partial charge is 0.216 e. The minimum absolute atomic E-state index is 0.0862. The van der Waals surface area contributed by atoms with Gasteiger partial charge in [0.1, 0.15) is 0 Å². The highest BCUT2D eigenvalue weighted by Crippen LogP contribution is 2.06. The standard InChI is InChI=1S/C8H9NO2S/c1-2-7-12(10,11)8-5-3-4-6-9-8/h2-7H,1H3. The van der Waals surface area contributed by atoms with Gasteiger partial charge >= 0.3 is 0 Å². The highest BCUT2D eigenvalue weighted by molar-refractivity contribution is 7.94. The molecule has 1 aromatic rings. The molecule has 1 heterocycles. The molecule has 0 N–H and O–H groups in total. The van der Waals surface area contributed by atoms with E-state index in [2.05, 4.69) is 4.98 Å². The Morgan fingerprint density at radius 1 is 1.42 bits per heavy atom. The van der Waals surface area contributed by atoms with Crippen LogP contribution in [-0.2, 0) is 9.84 Å². The summed E-state index contributed by atoms with van der Waals surface area (Å²) < 4.78 is 22.6. The highest BCUT2D eigenvalue weighted by atomic mass is 32.2. The van der Waals surface area contributed by atoms with Gasteiger partial charge in [0.05, 0.1) is 0 Å². The second kappa shape index (κ2) is 3.49. The van der Waals surface area contributed by atoms with Gasteiger partial charge in [-0.2, -0.15) is 0 Å².